The quantitative estimate of drug-likeness (QED) is 0.298. The smallest absolute Gasteiger partial charge is 0.223 e. The number of benzene rings is 1. The van der Waals surface area contributed by atoms with Gasteiger partial charge >= 0.3 is 0 Å². The van der Waals surface area contributed by atoms with Gasteiger partial charge in [0.25, 0.3) is 0 Å². The standard InChI is InChI=1S/C21H34N4O2/c1-3-5-16-27-19-10-6-17(7-11-19)12-13-24-21(22-4-2)25-15-14-23-20(26)18-8-9-18/h6-7,10-11,18H,3-5,8-9,12-16H2,1-2H3,(H,23,26)(H2,22,24,25). The molecule has 3 N–H and O–H groups in total. The molecule has 0 heterocycles. The van der Waals surface area contributed by atoms with Crippen molar-refractivity contribution in [2.75, 3.05) is 32.8 Å². The van der Waals surface area contributed by atoms with E-state index in [2.05, 4.69) is 40.0 Å². The second kappa shape index (κ2) is 12.2. The van der Waals surface area contributed by atoms with E-state index in [4.69, 9.17) is 4.74 Å². The molecule has 0 unspecified atom stereocenters. The molecule has 150 valence electrons. The molecule has 2 rings (SSSR count). The van der Waals surface area contributed by atoms with Gasteiger partial charge < -0.3 is 20.7 Å². The molecular formula is C21H34N4O2. The van der Waals surface area contributed by atoms with E-state index in [-0.39, 0.29) is 11.8 Å². The third-order valence-electron chi connectivity index (χ3n) is 4.37. The Morgan fingerprint density at radius 1 is 1.11 bits per heavy atom. The number of carbonyl (C=O) groups is 1. The molecule has 1 aliphatic carbocycles. The molecule has 0 spiro atoms. The van der Waals surface area contributed by atoms with Gasteiger partial charge in [-0.2, -0.15) is 0 Å². The predicted octanol–water partition coefficient (Wildman–Crippen LogP) is 2.49. The van der Waals surface area contributed by atoms with E-state index in [1.54, 1.807) is 0 Å². The summed E-state index contributed by atoms with van der Waals surface area (Å²) in [5, 5.41) is 9.45. The molecule has 27 heavy (non-hydrogen) atoms. The Morgan fingerprint density at radius 3 is 2.52 bits per heavy atom. The van der Waals surface area contributed by atoms with Crippen LogP contribution < -0.4 is 20.7 Å². The first kappa shape index (κ1) is 21.1. The SMILES string of the molecule is CCCCOc1ccc(CCN=C(NCC)NCCNC(=O)C2CC2)cc1. The predicted molar refractivity (Wildman–Crippen MR) is 110 cm³/mol. The number of rotatable bonds is 12. The zero-order chi connectivity index (χ0) is 19.3. The fourth-order valence-corrected chi connectivity index (χ4v) is 2.58. The van der Waals surface area contributed by atoms with Gasteiger partial charge in [0.2, 0.25) is 5.91 Å². The van der Waals surface area contributed by atoms with Crippen molar-refractivity contribution in [1.82, 2.24) is 16.0 Å². The number of hydrogen-bond donors (Lipinski definition) is 3. The summed E-state index contributed by atoms with van der Waals surface area (Å²) in [6, 6.07) is 8.26. The molecule has 1 saturated carbocycles. The molecule has 1 aromatic carbocycles. The van der Waals surface area contributed by atoms with E-state index in [9.17, 15) is 4.79 Å². The molecule has 0 atom stereocenters. The maximum atomic E-state index is 11.6. The van der Waals surface area contributed by atoms with Gasteiger partial charge in [0.15, 0.2) is 5.96 Å². The second-order valence-corrected chi connectivity index (χ2v) is 6.85. The number of unbranched alkanes of at least 4 members (excludes halogenated alkanes) is 1. The normalized spacial score (nSPS) is 13.9. The zero-order valence-corrected chi connectivity index (χ0v) is 16.7. The molecule has 0 aliphatic heterocycles. The fourth-order valence-electron chi connectivity index (χ4n) is 2.58. The molecule has 0 saturated heterocycles. The van der Waals surface area contributed by atoms with Crippen LogP contribution in [0.3, 0.4) is 0 Å². The number of hydrogen-bond acceptors (Lipinski definition) is 3. The lowest BCUT2D eigenvalue weighted by atomic mass is 10.1. The van der Waals surface area contributed by atoms with Gasteiger partial charge in [-0.1, -0.05) is 25.5 Å². The molecule has 1 aromatic rings. The van der Waals surface area contributed by atoms with E-state index >= 15 is 0 Å². The molecule has 1 fully saturated rings. The number of aliphatic imine (C=N–C) groups is 1. The van der Waals surface area contributed by atoms with Crippen LogP contribution in [0.4, 0.5) is 0 Å². The highest BCUT2D eigenvalue weighted by Gasteiger charge is 2.28. The molecule has 0 radical (unpaired) electrons. The van der Waals surface area contributed by atoms with Crippen molar-refractivity contribution >= 4 is 11.9 Å². The summed E-state index contributed by atoms with van der Waals surface area (Å²) in [5.74, 6) is 2.16. The van der Waals surface area contributed by atoms with Crippen molar-refractivity contribution in [1.29, 1.82) is 0 Å². The van der Waals surface area contributed by atoms with E-state index in [0.29, 0.717) is 19.6 Å². The van der Waals surface area contributed by atoms with Gasteiger partial charge in [0.1, 0.15) is 5.75 Å². The minimum atomic E-state index is 0.181. The van der Waals surface area contributed by atoms with Crippen molar-refractivity contribution in [3.63, 3.8) is 0 Å². The van der Waals surface area contributed by atoms with Crippen molar-refractivity contribution in [3.05, 3.63) is 29.8 Å². The Kier molecular flexibility index (Phi) is 9.52. The highest BCUT2D eigenvalue weighted by atomic mass is 16.5. The largest absolute Gasteiger partial charge is 0.494 e. The van der Waals surface area contributed by atoms with Gasteiger partial charge in [-0.05, 0) is 50.3 Å². The minimum absolute atomic E-state index is 0.181. The number of guanidine groups is 1. The molecule has 6 heteroatoms. The van der Waals surface area contributed by atoms with Crippen molar-refractivity contribution in [3.8, 4) is 5.75 Å². The summed E-state index contributed by atoms with van der Waals surface area (Å²) >= 11 is 0. The van der Waals surface area contributed by atoms with E-state index in [0.717, 1.165) is 57.0 Å². The van der Waals surface area contributed by atoms with Gasteiger partial charge in [-0.3, -0.25) is 9.79 Å². The van der Waals surface area contributed by atoms with Crippen molar-refractivity contribution < 1.29 is 9.53 Å². The average Bonchev–Trinajstić information content (AvgIpc) is 3.52. The molecule has 0 bridgehead atoms. The molecule has 1 aliphatic rings. The molecule has 6 nitrogen and oxygen atoms in total. The van der Waals surface area contributed by atoms with E-state index < -0.39 is 0 Å². The number of nitrogens with one attached hydrogen (secondary N) is 3. The number of carbonyl (C=O) groups excluding carboxylic acids is 1. The van der Waals surface area contributed by atoms with Crippen LogP contribution in [0.15, 0.2) is 29.3 Å². The summed E-state index contributed by atoms with van der Waals surface area (Å²) in [6.45, 7) is 7.80. The maximum absolute atomic E-state index is 11.6. The lowest BCUT2D eigenvalue weighted by Crippen LogP contribution is -2.41. The summed E-state index contributed by atoms with van der Waals surface area (Å²) in [5.41, 5.74) is 1.24. The molecular weight excluding hydrogens is 340 g/mol. The maximum Gasteiger partial charge on any atom is 0.223 e. The first-order valence-electron chi connectivity index (χ1n) is 10.2. The number of amides is 1. The Bertz CT molecular complexity index is 582. The van der Waals surface area contributed by atoms with Crippen molar-refractivity contribution in [2.24, 2.45) is 10.9 Å². The molecule has 1 amide bonds. The van der Waals surface area contributed by atoms with Gasteiger partial charge in [0, 0.05) is 32.1 Å². The van der Waals surface area contributed by atoms with Crippen LogP contribution in [0.2, 0.25) is 0 Å². The van der Waals surface area contributed by atoms with Crippen LogP contribution in [0, 0.1) is 5.92 Å². The van der Waals surface area contributed by atoms with Crippen LogP contribution in [-0.4, -0.2) is 44.7 Å². The summed E-state index contributed by atoms with van der Waals surface area (Å²) in [7, 11) is 0. The Labute approximate surface area is 163 Å². The van der Waals surface area contributed by atoms with E-state index in [1.165, 1.54) is 5.56 Å². The fraction of sp³-hybridized carbons (Fsp3) is 0.619. The lowest BCUT2D eigenvalue weighted by Gasteiger charge is -2.12. The highest BCUT2D eigenvalue weighted by Crippen LogP contribution is 2.28. The first-order chi connectivity index (χ1) is 13.2. The third-order valence-corrected chi connectivity index (χ3v) is 4.37. The summed E-state index contributed by atoms with van der Waals surface area (Å²) in [6.07, 6.45) is 5.18. The Balaban J connectivity index is 1.67. The van der Waals surface area contributed by atoms with Crippen molar-refractivity contribution in [2.45, 2.75) is 46.0 Å². The number of nitrogens with zero attached hydrogens (tertiary/aromatic N) is 1. The lowest BCUT2D eigenvalue weighted by molar-refractivity contribution is -0.122. The summed E-state index contributed by atoms with van der Waals surface area (Å²) in [4.78, 5) is 16.2. The van der Waals surface area contributed by atoms with Gasteiger partial charge in [-0.25, -0.2) is 0 Å². The van der Waals surface area contributed by atoms with Crippen LogP contribution in [-0.2, 0) is 11.2 Å². The first-order valence-corrected chi connectivity index (χ1v) is 10.2. The minimum Gasteiger partial charge on any atom is -0.494 e. The monoisotopic (exact) mass is 374 g/mol. The van der Waals surface area contributed by atoms with Gasteiger partial charge in [-0.15, -0.1) is 0 Å². The Hall–Kier alpha value is -2.24. The second-order valence-electron chi connectivity index (χ2n) is 6.85. The van der Waals surface area contributed by atoms with E-state index in [1.807, 2.05) is 19.1 Å². The topological polar surface area (TPSA) is 74.8 Å². The van der Waals surface area contributed by atoms with Crippen LogP contribution in [0.5, 0.6) is 5.75 Å². The van der Waals surface area contributed by atoms with Crippen LogP contribution >= 0.6 is 0 Å². The Morgan fingerprint density at radius 2 is 1.85 bits per heavy atom. The van der Waals surface area contributed by atoms with Crippen LogP contribution in [0.25, 0.3) is 0 Å². The zero-order valence-electron chi connectivity index (χ0n) is 16.7. The van der Waals surface area contributed by atoms with Crippen LogP contribution in [0.1, 0.15) is 45.1 Å². The average molecular weight is 375 g/mol. The third kappa shape index (κ3) is 8.80. The summed E-state index contributed by atoms with van der Waals surface area (Å²) < 4.78 is 5.69. The molecule has 0 aromatic heterocycles. The highest BCUT2D eigenvalue weighted by molar-refractivity contribution is 5.81. The number of ether oxygens (including phenoxy) is 1. The van der Waals surface area contributed by atoms with Gasteiger partial charge in [0.05, 0.1) is 6.61 Å².